The fourth-order valence-corrected chi connectivity index (χ4v) is 3.82. The first-order valence-electron chi connectivity index (χ1n) is 6.58. The molecule has 16 heavy (non-hydrogen) atoms. The monoisotopic (exact) mass is 220 g/mol. The van der Waals surface area contributed by atoms with Gasteiger partial charge in [-0.05, 0) is 54.9 Å². The Morgan fingerprint density at radius 1 is 1.56 bits per heavy atom. The third-order valence-electron chi connectivity index (χ3n) is 5.06. The number of hydrogen-bond acceptors (Lipinski definition) is 1. The van der Waals surface area contributed by atoms with E-state index in [0.29, 0.717) is 5.92 Å². The molecular formula is C15H24O. The summed E-state index contributed by atoms with van der Waals surface area (Å²) in [6.45, 7) is 9.01. The van der Waals surface area contributed by atoms with E-state index in [2.05, 4.69) is 26.5 Å². The summed E-state index contributed by atoms with van der Waals surface area (Å²) in [5.74, 6) is 1.22. The average Bonchev–Trinajstić information content (AvgIpc) is 2.29. The Bertz CT molecular complexity index is 315. The molecule has 1 nitrogen and oxygen atoms in total. The highest BCUT2D eigenvalue weighted by Crippen LogP contribution is 2.55. The van der Waals surface area contributed by atoms with Crippen molar-refractivity contribution >= 4 is 0 Å². The molecule has 0 saturated heterocycles. The lowest BCUT2D eigenvalue weighted by molar-refractivity contribution is 0.110. The lowest BCUT2D eigenvalue weighted by Gasteiger charge is -2.50. The molecule has 0 radical (unpaired) electrons. The summed E-state index contributed by atoms with van der Waals surface area (Å²) in [5, 5.41) is 9.36. The van der Waals surface area contributed by atoms with E-state index in [1.807, 2.05) is 0 Å². The van der Waals surface area contributed by atoms with Crippen LogP contribution >= 0.6 is 0 Å². The van der Waals surface area contributed by atoms with Crippen LogP contribution in [0.15, 0.2) is 23.8 Å². The van der Waals surface area contributed by atoms with Crippen LogP contribution in [0.25, 0.3) is 0 Å². The number of allylic oxidation sites excluding steroid dienone is 2. The lowest BCUT2D eigenvalue weighted by Crippen LogP contribution is -2.41. The fraction of sp³-hybridized carbons (Fsp3) is 0.733. The summed E-state index contributed by atoms with van der Waals surface area (Å²) in [5.41, 5.74) is 2.95. The second kappa shape index (κ2) is 4.37. The maximum absolute atomic E-state index is 9.36. The minimum Gasteiger partial charge on any atom is -0.392 e. The average molecular weight is 220 g/mol. The third-order valence-corrected chi connectivity index (χ3v) is 5.06. The number of rotatable bonds is 2. The van der Waals surface area contributed by atoms with Gasteiger partial charge in [-0.25, -0.2) is 0 Å². The third kappa shape index (κ3) is 1.66. The van der Waals surface area contributed by atoms with Crippen molar-refractivity contribution in [1.29, 1.82) is 0 Å². The molecule has 2 aliphatic carbocycles. The van der Waals surface area contributed by atoms with Crippen molar-refractivity contribution in [3.63, 3.8) is 0 Å². The SMILES string of the molecule is C=C(CO)[C@H]1CCCC2=CCC[C@H](C)[C@]21C. The van der Waals surface area contributed by atoms with Crippen molar-refractivity contribution < 1.29 is 5.11 Å². The molecular weight excluding hydrogens is 196 g/mol. The molecule has 1 heteroatoms. The Balaban J connectivity index is 2.36. The van der Waals surface area contributed by atoms with Crippen LogP contribution in [0, 0.1) is 17.3 Å². The number of fused-ring (bicyclic) bond motifs is 1. The molecule has 2 aliphatic rings. The van der Waals surface area contributed by atoms with Crippen LogP contribution in [0.4, 0.5) is 0 Å². The molecule has 90 valence electrons. The molecule has 0 unspecified atom stereocenters. The number of aliphatic hydroxyl groups is 1. The Morgan fingerprint density at radius 2 is 2.31 bits per heavy atom. The molecule has 1 saturated carbocycles. The van der Waals surface area contributed by atoms with Crippen molar-refractivity contribution in [2.24, 2.45) is 17.3 Å². The topological polar surface area (TPSA) is 20.2 Å². The molecule has 1 fully saturated rings. The molecule has 0 aromatic carbocycles. The van der Waals surface area contributed by atoms with E-state index in [4.69, 9.17) is 0 Å². The van der Waals surface area contributed by atoms with Gasteiger partial charge in [0.1, 0.15) is 0 Å². The molecule has 0 spiro atoms. The molecule has 1 N–H and O–H groups in total. The van der Waals surface area contributed by atoms with Crippen LogP contribution < -0.4 is 0 Å². The maximum Gasteiger partial charge on any atom is 0.0642 e. The molecule has 3 atom stereocenters. The molecule has 0 bridgehead atoms. The zero-order valence-electron chi connectivity index (χ0n) is 10.6. The van der Waals surface area contributed by atoms with Crippen LogP contribution in [0.5, 0.6) is 0 Å². The number of hydrogen-bond donors (Lipinski definition) is 1. The van der Waals surface area contributed by atoms with Gasteiger partial charge in [-0.1, -0.05) is 32.1 Å². The van der Waals surface area contributed by atoms with Crippen molar-refractivity contribution in [2.45, 2.75) is 46.0 Å². The molecule has 0 aliphatic heterocycles. The van der Waals surface area contributed by atoms with Gasteiger partial charge < -0.3 is 5.11 Å². The van der Waals surface area contributed by atoms with Gasteiger partial charge in [-0.2, -0.15) is 0 Å². The van der Waals surface area contributed by atoms with Crippen LogP contribution in [-0.2, 0) is 0 Å². The smallest absolute Gasteiger partial charge is 0.0642 e. The van der Waals surface area contributed by atoms with E-state index in [1.54, 1.807) is 5.57 Å². The fourth-order valence-electron chi connectivity index (χ4n) is 3.82. The first kappa shape index (κ1) is 11.9. The molecule has 0 heterocycles. The molecule has 2 rings (SSSR count). The molecule has 0 amide bonds. The van der Waals surface area contributed by atoms with Crippen LogP contribution in [0.2, 0.25) is 0 Å². The van der Waals surface area contributed by atoms with E-state index >= 15 is 0 Å². The van der Waals surface area contributed by atoms with Gasteiger partial charge in [0.25, 0.3) is 0 Å². The Labute approximate surface area is 99.3 Å². The summed E-state index contributed by atoms with van der Waals surface area (Å²) < 4.78 is 0. The normalized spacial score (nSPS) is 38.8. The Morgan fingerprint density at radius 3 is 3.00 bits per heavy atom. The second-order valence-corrected chi connectivity index (χ2v) is 5.75. The van der Waals surface area contributed by atoms with Gasteiger partial charge in [0.2, 0.25) is 0 Å². The van der Waals surface area contributed by atoms with Gasteiger partial charge in [0.15, 0.2) is 0 Å². The van der Waals surface area contributed by atoms with Crippen LogP contribution in [0.3, 0.4) is 0 Å². The standard InChI is InChI=1S/C15H24O/c1-11(10-16)14-9-5-8-13-7-4-6-12(2)15(13,14)3/h7,12,14,16H,1,4-6,8-10H2,2-3H3/t12-,14+,15+/m0/s1. The van der Waals surface area contributed by atoms with Gasteiger partial charge in [0.05, 0.1) is 6.61 Å². The van der Waals surface area contributed by atoms with Crippen molar-refractivity contribution in [1.82, 2.24) is 0 Å². The summed E-state index contributed by atoms with van der Waals surface area (Å²) in [6, 6.07) is 0. The van der Waals surface area contributed by atoms with Crippen molar-refractivity contribution in [3.05, 3.63) is 23.8 Å². The quantitative estimate of drug-likeness (QED) is 0.704. The summed E-state index contributed by atoms with van der Waals surface area (Å²) in [7, 11) is 0. The summed E-state index contributed by atoms with van der Waals surface area (Å²) >= 11 is 0. The first-order chi connectivity index (χ1) is 7.60. The number of aliphatic hydroxyl groups excluding tert-OH is 1. The minimum atomic E-state index is 0.153. The molecule has 0 aromatic rings. The van der Waals surface area contributed by atoms with Crippen LogP contribution in [0.1, 0.15) is 46.0 Å². The predicted molar refractivity (Wildman–Crippen MR) is 68.2 cm³/mol. The Kier molecular flexibility index (Phi) is 3.25. The summed E-state index contributed by atoms with van der Waals surface area (Å²) in [6.07, 6.45) is 8.71. The van der Waals surface area contributed by atoms with Gasteiger partial charge in [-0.15, -0.1) is 0 Å². The summed E-state index contributed by atoms with van der Waals surface area (Å²) in [4.78, 5) is 0. The zero-order chi connectivity index (χ0) is 11.8. The van der Waals surface area contributed by atoms with Crippen molar-refractivity contribution in [3.8, 4) is 0 Å². The minimum absolute atomic E-state index is 0.153. The highest BCUT2D eigenvalue weighted by atomic mass is 16.3. The predicted octanol–water partition coefficient (Wildman–Crippen LogP) is 3.70. The first-order valence-corrected chi connectivity index (χ1v) is 6.58. The van der Waals surface area contributed by atoms with E-state index in [-0.39, 0.29) is 12.0 Å². The lowest BCUT2D eigenvalue weighted by atomic mass is 9.54. The van der Waals surface area contributed by atoms with Crippen molar-refractivity contribution in [2.75, 3.05) is 6.61 Å². The maximum atomic E-state index is 9.36. The Hall–Kier alpha value is -0.560. The van der Waals surface area contributed by atoms with Gasteiger partial charge in [-0.3, -0.25) is 0 Å². The largest absolute Gasteiger partial charge is 0.392 e. The van der Waals surface area contributed by atoms with Gasteiger partial charge in [0, 0.05) is 0 Å². The van der Waals surface area contributed by atoms with E-state index in [1.165, 1.54) is 32.1 Å². The van der Waals surface area contributed by atoms with E-state index < -0.39 is 0 Å². The zero-order valence-corrected chi connectivity index (χ0v) is 10.6. The van der Waals surface area contributed by atoms with E-state index in [0.717, 1.165) is 11.5 Å². The van der Waals surface area contributed by atoms with Gasteiger partial charge >= 0.3 is 0 Å². The van der Waals surface area contributed by atoms with E-state index in [9.17, 15) is 5.11 Å². The highest BCUT2D eigenvalue weighted by molar-refractivity contribution is 5.27. The second-order valence-electron chi connectivity index (χ2n) is 5.75. The highest BCUT2D eigenvalue weighted by Gasteiger charge is 2.45. The van der Waals surface area contributed by atoms with Crippen LogP contribution in [-0.4, -0.2) is 11.7 Å². The molecule has 0 aromatic heterocycles.